The molecule has 4 aromatic rings. The number of imidazole rings is 1. The first-order valence-electron chi connectivity index (χ1n) is 11.3. The maximum absolute atomic E-state index is 13.4. The van der Waals surface area contributed by atoms with Gasteiger partial charge in [0.25, 0.3) is 11.8 Å². The molecule has 0 aliphatic heterocycles. The molecule has 0 aliphatic carbocycles. The summed E-state index contributed by atoms with van der Waals surface area (Å²) >= 11 is 6.18. The Hall–Kier alpha value is -3.85. The SMILES string of the molecule is Cc1ccc(NC(=O)c2cc(NC(=O)c3ccccc3C(F)(F)F)cc3[nH]c(C(C)(C)C)nc23)cc1Cl. The molecular weight excluding hydrogens is 505 g/mol. The number of fused-ring (bicyclic) bond motifs is 1. The number of amides is 2. The number of benzene rings is 3. The van der Waals surface area contributed by atoms with Crippen LogP contribution in [0.5, 0.6) is 0 Å². The number of nitrogens with one attached hydrogen (secondary N) is 3. The molecule has 0 aliphatic rings. The summed E-state index contributed by atoms with van der Waals surface area (Å²) < 4.78 is 40.3. The van der Waals surface area contributed by atoms with Crippen LogP contribution in [0.3, 0.4) is 0 Å². The predicted octanol–water partition coefficient (Wildman–Crippen LogP) is 7.35. The van der Waals surface area contributed by atoms with Crippen molar-refractivity contribution in [2.45, 2.75) is 39.3 Å². The number of aromatic amines is 1. The fourth-order valence-electron chi connectivity index (χ4n) is 3.71. The predicted molar refractivity (Wildman–Crippen MR) is 138 cm³/mol. The zero-order valence-corrected chi connectivity index (χ0v) is 21.2. The van der Waals surface area contributed by atoms with Crippen LogP contribution in [0.15, 0.2) is 54.6 Å². The van der Waals surface area contributed by atoms with Gasteiger partial charge in [0.1, 0.15) is 11.3 Å². The van der Waals surface area contributed by atoms with E-state index in [1.54, 1.807) is 18.2 Å². The summed E-state index contributed by atoms with van der Waals surface area (Å²) in [6.45, 7) is 7.65. The number of alkyl halides is 3. The van der Waals surface area contributed by atoms with E-state index in [0.717, 1.165) is 17.7 Å². The van der Waals surface area contributed by atoms with Crippen molar-refractivity contribution in [2.75, 3.05) is 10.6 Å². The Morgan fingerprint density at radius 2 is 1.54 bits per heavy atom. The number of halogens is 4. The van der Waals surface area contributed by atoms with Crippen LogP contribution >= 0.6 is 11.6 Å². The lowest BCUT2D eigenvalue weighted by Gasteiger charge is -2.13. The van der Waals surface area contributed by atoms with E-state index in [-0.39, 0.29) is 16.7 Å². The summed E-state index contributed by atoms with van der Waals surface area (Å²) in [6, 6.07) is 12.5. The molecule has 2 amide bonds. The molecule has 1 heterocycles. The third-order valence-electron chi connectivity index (χ3n) is 5.71. The molecule has 4 rings (SSSR count). The molecular formula is C27H24ClF3N4O2. The van der Waals surface area contributed by atoms with Gasteiger partial charge in [0.15, 0.2) is 0 Å². The van der Waals surface area contributed by atoms with Crippen molar-refractivity contribution in [1.29, 1.82) is 0 Å². The monoisotopic (exact) mass is 528 g/mol. The number of H-pyrrole nitrogens is 1. The number of carbonyl (C=O) groups excluding carboxylic acids is 2. The van der Waals surface area contributed by atoms with Gasteiger partial charge in [-0.05, 0) is 48.9 Å². The van der Waals surface area contributed by atoms with Crippen LogP contribution < -0.4 is 10.6 Å². The van der Waals surface area contributed by atoms with Crippen LogP contribution in [0.25, 0.3) is 11.0 Å². The van der Waals surface area contributed by atoms with Gasteiger partial charge in [-0.25, -0.2) is 4.98 Å². The first-order valence-corrected chi connectivity index (χ1v) is 11.7. The first-order chi connectivity index (χ1) is 17.2. The average molecular weight is 529 g/mol. The van der Waals surface area contributed by atoms with Crippen molar-refractivity contribution in [3.63, 3.8) is 0 Å². The summed E-state index contributed by atoms with van der Waals surface area (Å²) in [6.07, 6.45) is -4.71. The number of rotatable bonds is 4. The van der Waals surface area contributed by atoms with Crippen LogP contribution in [0.1, 0.15) is 58.4 Å². The van der Waals surface area contributed by atoms with Crippen molar-refractivity contribution >= 4 is 45.8 Å². The minimum Gasteiger partial charge on any atom is -0.341 e. The maximum Gasteiger partial charge on any atom is 0.417 e. The fraction of sp³-hybridized carbons (Fsp3) is 0.222. The molecule has 1 aromatic heterocycles. The largest absolute Gasteiger partial charge is 0.417 e. The average Bonchev–Trinajstić information content (AvgIpc) is 3.25. The highest BCUT2D eigenvalue weighted by Gasteiger charge is 2.35. The number of nitrogens with zero attached hydrogens (tertiary/aromatic N) is 1. The van der Waals surface area contributed by atoms with Crippen LogP contribution in [0.4, 0.5) is 24.5 Å². The molecule has 0 fully saturated rings. The number of anilines is 2. The van der Waals surface area contributed by atoms with E-state index in [0.29, 0.717) is 27.6 Å². The van der Waals surface area contributed by atoms with Gasteiger partial charge in [-0.1, -0.05) is 50.6 Å². The van der Waals surface area contributed by atoms with Crippen molar-refractivity contribution < 1.29 is 22.8 Å². The van der Waals surface area contributed by atoms with Gasteiger partial charge in [0.05, 0.1) is 22.2 Å². The highest BCUT2D eigenvalue weighted by molar-refractivity contribution is 6.31. The summed E-state index contributed by atoms with van der Waals surface area (Å²) in [7, 11) is 0. The molecule has 0 radical (unpaired) electrons. The van der Waals surface area contributed by atoms with Crippen LogP contribution in [0, 0.1) is 6.92 Å². The first kappa shape index (κ1) is 26.2. The quantitative estimate of drug-likeness (QED) is 0.259. The lowest BCUT2D eigenvalue weighted by Crippen LogP contribution is -2.19. The molecule has 0 saturated heterocycles. The zero-order valence-electron chi connectivity index (χ0n) is 20.5. The van der Waals surface area contributed by atoms with Gasteiger partial charge >= 0.3 is 6.18 Å². The Labute approximate surface area is 216 Å². The number of carbonyl (C=O) groups is 2. The third kappa shape index (κ3) is 5.61. The van der Waals surface area contributed by atoms with E-state index in [2.05, 4.69) is 20.6 Å². The van der Waals surface area contributed by atoms with Crippen molar-refractivity contribution in [1.82, 2.24) is 9.97 Å². The Morgan fingerprint density at radius 1 is 0.892 bits per heavy atom. The lowest BCUT2D eigenvalue weighted by molar-refractivity contribution is -0.137. The van der Waals surface area contributed by atoms with Gasteiger partial charge in [-0.2, -0.15) is 13.2 Å². The molecule has 3 N–H and O–H groups in total. The van der Waals surface area contributed by atoms with E-state index < -0.39 is 29.1 Å². The Bertz CT molecular complexity index is 1520. The van der Waals surface area contributed by atoms with Crippen molar-refractivity contribution in [3.05, 3.63) is 87.7 Å². The van der Waals surface area contributed by atoms with E-state index in [1.807, 2.05) is 27.7 Å². The number of aromatic nitrogens is 2. The normalized spacial score (nSPS) is 12.0. The highest BCUT2D eigenvalue weighted by Crippen LogP contribution is 2.33. The van der Waals surface area contributed by atoms with Crippen molar-refractivity contribution in [2.24, 2.45) is 0 Å². The molecule has 3 aromatic carbocycles. The highest BCUT2D eigenvalue weighted by atomic mass is 35.5. The van der Waals surface area contributed by atoms with Crippen LogP contribution in [-0.4, -0.2) is 21.8 Å². The minimum absolute atomic E-state index is 0.125. The topological polar surface area (TPSA) is 86.9 Å². The second kappa shape index (κ2) is 9.55. The van der Waals surface area contributed by atoms with Crippen LogP contribution in [0.2, 0.25) is 5.02 Å². The third-order valence-corrected chi connectivity index (χ3v) is 6.11. The van der Waals surface area contributed by atoms with E-state index in [1.165, 1.54) is 24.3 Å². The van der Waals surface area contributed by atoms with Gasteiger partial charge in [0, 0.05) is 21.8 Å². The van der Waals surface area contributed by atoms with Gasteiger partial charge in [-0.15, -0.1) is 0 Å². The molecule has 10 heteroatoms. The number of hydrogen-bond donors (Lipinski definition) is 3. The minimum atomic E-state index is -4.71. The summed E-state index contributed by atoms with van der Waals surface area (Å²) in [4.78, 5) is 33.9. The number of hydrogen-bond acceptors (Lipinski definition) is 3. The lowest BCUT2D eigenvalue weighted by atomic mass is 9.96. The van der Waals surface area contributed by atoms with Crippen LogP contribution in [-0.2, 0) is 11.6 Å². The zero-order chi connectivity index (χ0) is 27.1. The second-order valence-corrected chi connectivity index (χ2v) is 10.1. The second-order valence-electron chi connectivity index (χ2n) is 9.67. The molecule has 0 bridgehead atoms. The molecule has 37 heavy (non-hydrogen) atoms. The van der Waals surface area contributed by atoms with E-state index in [4.69, 9.17) is 11.6 Å². The van der Waals surface area contributed by atoms with Gasteiger partial charge < -0.3 is 15.6 Å². The van der Waals surface area contributed by atoms with Gasteiger partial charge in [0.2, 0.25) is 0 Å². The molecule has 0 spiro atoms. The summed E-state index contributed by atoms with van der Waals surface area (Å²) in [5, 5.41) is 5.74. The maximum atomic E-state index is 13.4. The molecule has 6 nitrogen and oxygen atoms in total. The smallest absolute Gasteiger partial charge is 0.341 e. The molecule has 0 atom stereocenters. The number of aryl methyl sites for hydroxylation is 1. The van der Waals surface area contributed by atoms with E-state index in [9.17, 15) is 22.8 Å². The van der Waals surface area contributed by atoms with Gasteiger partial charge in [-0.3, -0.25) is 9.59 Å². The van der Waals surface area contributed by atoms with Crippen molar-refractivity contribution in [3.8, 4) is 0 Å². The van der Waals surface area contributed by atoms with E-state index >= 15 is 0 Å². The summed E-state index contributed by atoms with van der Waals surface area (Å²) in [5.74, 6) is -0.885. The standard InChI is InChI=1S/C27H24ClF3N4O2/c1-14-9-10-15(12-20(14)28)32-24(37)18-11-16(13-21-22(18)35-25(34-21)26(2,3)4)33-23(36)17-7-5-6-8-19(17)27(29,30)31/h5-13H,1-4H3,(H,32,37)(H,33,36)(H,34,35). The Balaban J connectivity index is 1.76. The Kier molecular flexibility index (Phi) is 6.77. The fourth-order valence-corrected chi connectivity index (χ4v) is 3.89. The molecule has 0 unspecified atom stereocenters. The summed E-state index contributed by atoms with van der Waals surface area (Å²) in [5.41, 5.74) is 0.377. The molecule has 192 valence electrons. The molecule has 0 saturated carbocycles. The Morgan fingerprint density at radius 3 is 2.19 bits per heavy atom.